The Hall–Kier alpha value is -2.47. The smallest absolute Gasteiger partial charge is 0.189 e. The van der Waals surface area contributed by atoms with E-state index in [0.717, 1.165) is 29.1 Å². The maximum Gasteiger partial charge on any atom is 0.189 e. The molecule has 0 amide bonds. The van der Waals surface area contributed by atoms with Crippen LogP contribution in [0.25, 0.3) is 15.9 Å². The van der Waals surface area contributed by atoms with Crippen LogP contribution in [0.5, 0.6) is 5.75 Å². The van der Waals surface area contributed by atoms with Crippen LogP contribution in [-0.2, 0) is 19.4 Å². The molecule has 0 saturated heterocycles. The monoisotopic (exact) mass is 406 g/mol. The molecule has 5 nitrogen and oxygen atoms in total. The van der Waals surface area contributed by atoms with Crippen molar-refractivity contribution in [1.82, 2.24) is 19.6 Å². The number of aryl methyl sites for hydroxylation is 3. The SMILES string of the molecule is Cc1ccc(C(C)C)c(OCc2nc3c4c5c(sc4ncn3n2)CCCCC5)c1. The Morgan fingerprint density at radius 3 is 2.90 bits per heavy atom. The fourth-order valence-corrected chi connectivity index (χ4v) is 5.45. The van der Waals surface area contributed by atoms with Gasteiger partial charge in [0.15, 0.2) is 11.5 Å². The number of rotatable bonds is 4. The number of thiophene rings is 1. The van der Waals surface area contributed by atoms with Crippen LogP contribution in [0.1, 0.15) is 66.4 Å². The minimum absolute atomic E-state index is 0.360. The molecule has 1 aliphatic rings. The van der Waals surface area contributed by atoms with E-state index in [1.807, 2.05) is 15.9 Å². The average Bonchev–Trinajstić information content (AvgIpc) is 3.19. The quantitative estimate of drug-likeness (QED) is 0.413. The lowest BCUT2D eigenvalue weighted by Crippen LogP contribution is -2.02. The Bertz CT molecular complexity index is 1190. The van der Waals surface area contributed by atoms with E-state index in [2.05, 4.69) is 49.1 Å². The largest absolute Gasteiger partial charge is 0.485 e. The van der Waals surface area contributed by atoms with Crippen molar-refractivity contribution in [2.24, 2.45) is 0 Å². The van der Waals surface area contributed by atoms with Gasteiger partial charge in [0, 0.05) is 4.88 Å². The van der Waals surface area contributed by atoms with Crippen LogP contribution >= 0.6 is 11.3 Å². The van der Waals surface area contributed by atoms with Gasteiger partial charge in [-0.2, -0.15) is 0 Å². The van der Waals surface area contributed by atoms with Gasteiger partial charge in [0.05, 0.1) is 5.39 Å². The zero-order valence-electron chi connectivity index (χ0n) is 17.2. The van der Waals surface area contributed by atoms with E-state index in [-0.39, 0.29) is 0 Å². The zero-order chi connectivity index (χ0) is 20.0. The summed E-state index contributed by atoms with van der Waals surface area (Å²) in [5.41, 5.74) is 4.77. The normalized spacial score (nSPS) is 14.5. The van der Waals surface area contributed by atoms with Crippen LogP contribution in [-0.4, -0.2) is 19.6 Å². The molecular formula is C23H26N4OS. The van der Waals surface area contributed by atoms with Gasteiger partial charge < -0.3 is 4.74 Å². The van der Waals surface area contributed by atoms with Gasteiger partial charge in [-0.1, -0.05) is 32.4 Å². The molecule has 0 fully saturated rings. The fourth-order valence-electron chi connectivity index (χ4n) is 4.22. The Morgan fingerprint density at radius 1 is 1.17 bits per heavy atom. The van der Waals surface area contributed by atoms with Crippen LogP contribution in [0.3, 0.4) is 0 Å². The van der Waals surface area contributed by atoms with Gasteiger partial charge >= 0.3 is 0 Å². The molecule has 1 aliphatic carbocycles. The van der Waals surface area contributed by atoms with Crippen molar-refractivity contribution in [2.75, 3.05) is 0 Å². The summed E-state index contributed by atoms with van der Waals surface area (Å²) in [4.78, 5) is 12.1. The van der Waals surface area contributed by atoms with Crippen molar-refractivity contribution >= 4 is 27.2 Å². The lowest BCUT2D eigenvalue weighted by Gasteiger charge is -2.13. The summed E-state index contributed by atoms with van der Waals surface area (Å²) in [5.74, 6) is 2.03. The Balaban J connectivity index is 1.50. The molecular weight excluding hydrogens is 380 g/mol. The second-order valence-electron chi connectivity index (χ2n) is 8.27. The fraction of sp³-hybridized carbons (Fsp3) is 0.435. The zero-order valence-corrected chi connectivity index (χ0v) is 18.1. The van der Waals surface area contributed by atoms with Gasteiger partial charge in [-0.25, -0.2) is 14.5 Å². The highest BCUT2D eigenvalue weighted by molar-refractivity contribution is 7.19. The molecule has 3 heterocycles. The Morgan fingerprint density at radius 2 is 2.03 bits per heavy atom. The summed E-state index contributed by atoms with van der Waals surface area (Å²) in [6.45, 7) is 6.82. The maximum absolute atomic E-state index is 6.16. The molecule has 0 bridgehead atoms. The first kappa shape index (κ1) is 18.6. The minimum Gasteiger partial charge on any atom is -0.485 e. The predicted molar refractivity (Wildman–Crippen MR) is 117 cm³/mol. The highest BCUT2D eigenvalue weighted by Crippen LogP contribution is 2.36. The molecule has 4 aromatic rings. The van der Waals surface area contributed by atoms with Crippen molar-refractivity contribution in [3.05, 3.63) is 51.9 Å². The highest BCUT2D eigenvalue weighted by Gasteiger charge is 2.20. The molecule has 1 aromatic carbocycles. The summed E-state index contributed by atoms with van der Waals surface area (Å²) < 4.78 is 7.98. The van der Waals surface area contributed by atoms with Crippen LogP contribution in [0.2, 0.25) is 0 Å². The average molecular weight is 407 g/mol. The van der Waals surface area contributed by atoms with Crippen LogP contribution in [0.4, 0.5) is 0 Å². The summed E-state index contributed by atoms with van der Waals surface area (Å²) in [6.07, 6.45) is 7.90. The Labute approximate surface area is 174 Å². The molecule has 0 radical (unpaired) electrons. The van der Waals surface area contributed by atoms with Gasteiger partial charge in [0.2, 0.25) is 0 Å². The molecule has 0 aliphatic heterocycles. The third-order valence-corrected chi connectivity index (χ3v) is 6.93. The summed E-state index contributed by atoms with van der Waals surface area (Å²) in [5, 5.41) is 5.85. The first-order valence-corrected chi connectivity index (χ1v) is 11.3. The van der Waals surface area contributed by atoms with E-state index in [1.54, 1.807) is 6.33 Å². The van der Waals surface area contributed by atoms with Gasteiger partial charge in [-0.3, -0.25) is 0 Å². The van der Waals surface area contributed by atoms with E-state index in [9.17, 15) is 0 Å². The lowest BCUT2D eigenvalue weighted by atomic mass is 10.0. The van der Waals surface area contributed by atoms with Crippen molar-refractivity contribution < 1.29 is 4.74 Å². The van der Waals surface area contributed by atoms with Crippen molar-refractivity contribution in [1.29, 1.82) is 0 Å². The number of aromatic nitrogens is 4. The molecule has 0 N–H and O–H groups in total. The first-order valence-electron chi connectivity index (χ1n) is 10.5. The summed E-state index contributed by atoms with van der Waals surface area (Å²) >= 11 is 1.83. The van der Waals surface area contributed by atoms with E-state index in [0.29, 0.717) is 18.3 Å². The standard InChI is InChI=1S/C23H26N4OS/c1-14(2)16-10-9-15(3)11-18(16)28-12-20-25-22-21-17-7-5-4-6-8-19(17)29-23(21)24-13-27(22)26-20/h9-11,13-14H,4-8,12H2,1-3H3. The summed E-state index contributed by atoms with van der Waals surface area (Å²) in [7, 11) is 0. The molecule has 0 spiro atoms. The summed E-state index contributed by atoms with van der Waals surface area (Å²) in [6, 6.07) is 6.39. The lowest BCUT2D eigenvalue weighted by molar-refractivity contribution is 0.291. The molecule has 0 saturated carbocycles. The third-order valence-electron chi connectivity index (χ3n) is 5.73. The van der Waals surface area contributed by atoms with Crippen LogP contribution < -0.4 is 4.74 Å². The topological polar surface area (TPSA) is 52.3 Å². The van der Waals surface area contributed by atoms with Crippen LogP contribution in [0, 0.1) is 6.92 Å². The second-order valence-corrected chi connectivity index (χ2v) is 9.35. The van der Waals surface area contributed by atoms with Gasteiger partial charge in [0.25, 0.3) is 0 Å². The first-order chi connectivity index (χ1) is 14.1. The molecule has 0 atom stereocenters. The number of nitrogens with zero attached hydrogens (tertiary/aromatic N) is 4. The van der Waals surface area contributed by atoms with Crippen LogP contribution in [0.15, 0.2) is 24.5 Å². The number of benzene rings is 1. The number of hydrogen-bond donors (Lipinski definition) is 0. The number of ether oxygens (including phenoxy) is 1. The molecule has 150 valence electrons. The minimum atomic E-state index is 0.360. The van der Waals surface area contributed by atoms with E-state index < -0.39 is 0 Å². The third kappa shape index (κ3) is 3.39. The molecule has 6 heteroatoms. The van der Waals surface area contributed by atoms with E-state index >= 15 is 0 Å². The van der Waals surface area contributed by atoms with Crippen molar-refractivity contribution in [3.8, 4) is 5.75 Å². The molecule has 0 unspecified atom stereocenters. The number of hydrogen-bond acceptors (Lipinski definition) is 5. The maximum atomic E-state index is 6.16. The highest BCUT2D eigenvalue weighted by atomic mass is 32.1. The number of fused-ring (bicyclic) bond motifs is 5. The second kappa shape index (κ2) is 7.41. The molecule has 29 heavy (non-hydrogen) atoms. The van der Waals surface area contributed by atoms with E-state index in [4.69, 9.17) is 9.72 Å². The molecule has 3 aromatic heterocycles. The van der Waals surface area contributed by atoms with E-state index in [1.165, 1.54) is 46.2 Å². The van der Waals surface area contributed by atoms with Crippen molar-refractivity contribution in [3.63, 3.8) is 0 Å². The van der Waals surface area contributed by atoms with Gasteiger partial charge in [-0.05, 0) is 61.3 Å². The molecule has 5 rings (SSSR count). The van der Waals surface area contributed by atoms with Gasteiger partial charge in [0.1, 0.15) is 23.5 Å². The Kier molecular flexibility index (Phi) is 4.74. The van der Waals surface area contributed by atoms with Gasteiger partial charge in [-0.15, -0.1) is 16.4 Å². The van der Waals surface area contributed by atoms with Crippen molar-refractivity contribution in [2.45, 2.75) is 65.4 Å². The predicted octanol–water partition coefficient (Wildman–Crippen LogP) is 5.62.